The van der Waals surface area contributed by atoms with Crippen LogP contribution in [0.5, 0.6) is 0 Å². The van der Waals surface area contributed by atoms with Gasteiger partial charge in [0.05, 0.1) is 17.0 Å². The third-order valence-corrected chi connectivity index (χ3v) is 6.85. The summed E-state index contributed by atoms with van der Waals surface area (Å²) in [5.41, 5.74) is 0.886. The van der Waals surface area contributed by atoms with E-state index in [-0.39, 0.29) is 48.5 Å². The van der Waals surface area contributed by atoms with Gasteiger partial charge in [-0.25, -0.2) is 12.8 Å². The van der Waals surface area contributed by atoms with Gasteiger partial charge in [0.15, 0.2) is 0 Å². The first-order valence-corrected chi connectivity index (χ1v) is 13.3. The van der Waals surface area contributed by atoms with Crippen molar-refractivity contribution in [3.8, 4) is 0 Å². The van der Waals surface area contributed by atoms with Crippen LogP contribution in [0.2, 0.25) is 10.0 Å². The van der Waals surface area contributed by atoms with Gasteiger partial charge in [-0.1, -0.05) is 35.3 Å². The molecule has 0 aromatic heterocycles. The summed E-state index contributed by atoms with van der Waals surface area (Å²) in [6, 6.07) is 9.39. The van der Waals surface area contributed by atoms with Crippen molar-refractivity contribution < 1.29 is 22.4 Å². The number of benzene rings is 2. The molecule has 34 heavy (non-hydrogen) atoms. The molecule has 0 saturated carbocycles. The zero-order valence-electron chi connectivity index (χ0n) is 19.2. The normalized spacial score (nSPS) is 12.2. The number of halogens is 3. The molecule has 0 aliphatic carbocycles. The first-order chi connectivity index (χ1) is 15.9. The molecule has 0 aliphatic heterocycles. The average Bonchev–Trinajstić information content (AvgIpc) is 2.77. The molecule has 2 aromatic rings. The zero-order valence-corrected chi connectivity index (χ0v) is 21.6. The number of amides is 2. The van der Waals surface area contributed by atoms with Crippen molar-refractivity contribution in [1.82, 2.24) is 10.2 Å². The van der Waals surface area contributed by atoms with Crippen LogP contribution in [0.1, 0.15) is 32.3 Å². The number of nitrogens with one attached hydrogen (secondary N) is 1. The maximum atomic E-state index is 13.3. The lowest BCUT2D eigenvalue weighted by Gasteiger charge is -2.29. The van der Waals surface area contributed by atoms with Crippen LogP contribution in [0.25, 0.3) is 0 Å². The predicted octanol–water partition coefficient (Wildman–Crippen LogP) is 4.23. The highest BCUT2D eigenvalue weighted by molar-refractivity contribution is 7.92. The fraction of sp³-hybridized carbons (Fsp3) is 0.391. The summed E-state index contributed by atoms with van der Waals surface area (Å²) in [4.78, 5) is 26.9. The Morgan fingerprint density at radius 3 is 2.35 bits per heavy atom. The predicted molar refractivity (Wildman–Crippen MR) is 133 cm³/mol. The van der Waals surface area contributed by atoms with Crippen molar-refractivity contribution in [2.75, 3.05) is 23.7 Å². The van der Waals surface area contributed by atoms with Crippen LogP contribution in [0.4, 0.5) is 10.1 Å². The number of nitrogens with zero attached hydrogens (tertiary/aromatic N) is 2. The Morgan fingerprint density at radius 1 is 1.12 bits per heavy atom. The van der Waals surface area contributed by atoms with Crippen molar-refractivity contribution in [2.24, 2.45) is 0 Å². The number of rotatable bonds is 11. The first-order valence-electron chi connectivity index (χ1n) is 10.7. The van der Waals surface area contributed by atoms with Gasteiger partial charge in [0.2, 0.25) is 21.8 Å². The molecule has 0 spiro atoms. The summed E-state index contributed by atoms with van der Waals surface area (Å²) < 4.78 is 39.2. The fourth-order valence-corrected chi connectivity index (χ4v) is 4.76. The lowest BCUT2D eigenvalue weighted by atomic mass is 10.1. The molecule has 0 bridgehead atoms. The van der Waals surface area contributed by atoms with Crippen LogP contribution < -0.4 is 9.62 Å². The number of anilines is 1. The van der Waals surface area contributed by atoms with E-state index in [0.717, 1.165) is 10.6 Å². The smallest absolute Gasteiger partial charge is 0.242 e. The van der Waals surface area contributed by atoms with Gasteiger partial charge >= 0.3 is 0 Å². The third kappa shape index (κ3) is 7.85. The molecule has 2 aromatic carbocycles. The topological polar surface area (TPSA) is 86.8 Å². The molecule has 2 rings (SSSR count). The van der Waals surface area contributed by atoms with Gasteiger partial charge in [0.25, 0.3) is 0 Å². The SMILES string of the molecule is CCNC(=O)[C@H](C)N(Cc1ccc(F)cc1)C(=O)CCCN(c1cc(Cl)ccc1Cl)S(C)(=O)=O. The number of hydrogen-bond acceptors (Lipinski definition) is 4. The molecule has 186 valence electrons. The molecule has 1 N–H and O–H groups in total. The Kier molecular flexibility index (Phi) is 10.1. The Morgan fingerprint density at radius 2 is 1.76 bits per heavy atom. The van der Waals surface area contributed by atoms with Crippen molar-refractivity contribution >= 4 is 50.7 Å². The number of carbonyl (C=O) groups excluding carboxylic acids is 2. The van der Waals surface area contributed by atoms with Gasteiger partial charge in [-0.15, -0.1) is 0 Å². The lowest BCUT2D eigenvalue weighted by molar-refractivity contribution is -0.140. The van der Waals surface area contributed by atoms with Crippen LogP contribution in [-0.4, -0.2) is 50.5 Å². The number of likely N-dealkylation sites (N-methyl/N-ethyl adjacent to an activating group) is 1. The van der Waals surface area contributed by atoms with E-state index < -0.39 is 21.9 Å². The molecular formula is C23H28Cl2FN3O4S. The van der Waals surface area contributed by atoms with E-state index in [1.54, 1.807) is 32.0 Å². The van der Waals surface area contributed by atoms with Gasteiger partial charge in [-0.2, -0.15) is 0 Å². The van der Waals surface area contributed by atoms with E-state index in [2.05, 4.69) is 5.32 Å². The van der Waals surface area contributed by atoms with Crippen LogP contribution in [-0.2, 0) is 26.2 Å². The van der Waals surface area contributed by atoms with E-state index in [1.165, 1.54) is 29.2 Å². The maximum absolute atomic E-state index is 13.3. The molecule has 0 fully saturated rings. The molecule has 7 nitrogen and oxygen atoms in total. The summed E-state index contributed by atoms with van der Waals surface area (Å²) in [5.74, 6) is -1.06. The standard InChI is InChI=1S/C23H28Cl2FN3O4S/c1-4-27-23(31)16(2)28(15-17-7-10-19(26)11-8-17)22(30)6-5-13-29(34(3,32)33)21-14-18(24)9-12-20(21)25/h7-12,14,16H,4-6,13,15H2,1-3H3,(H,27,31)/t16-/m0/s1. The minimum Gasteiger partial charge on any atom is -0.355 e. The van der Waals surface area contributed by atoms with Crippen LogP contribution in [0.3, 0.4) is 0 Å². The molecule has 0 heterocycles. The van der Waals surface area contributed by atoms with Gasteiger partial charge < -0.3 is 10.2 Å². The third-order valence-electron chi connectivity index (χ3n) is 5.11. The molecule has 0 aliphatic rings. The summed E-state index contributed by atoms with van der Waals surface area (Å²) in [6.45, 7) is 3.89. The fourth-order valence-electron chi connectivity index (χ4n) is 3.35. The van der Waals surface area contributed by atoms with Gasteiger partial charge in [0, 0.05) is 31.1 Å². The Balaban J connectivity index is 2.18. The second kappa shape index (κ2) is 12.4. The summed E-state index contributed by atoms with van der Waals surface area (Å²) in [6.07, 6.45) is 1.20. The molecule has 1 atom stereocenters. The highest BCUT2D eigenvalue weighted by Crippen LogP contribution is 2.31. The Hall–Kier alpha value is -2.36. The van der Waals surface area contributed by atoms with Gasteiger partial charge in [-0.3, -0.25) is 13.9 Å². The van der Waals surface area contributed by atoms with Crippen molar-refractivity contribution in [1.29, 1.82) is 0 Å². The van der Waals surface area contributed by atoms with Gasteiger partial charge in [0.1, 0.15) is 11.9 Å². The van der Waals surface area contributed by atoms with E-state index in [0.29, 0.717) is 17.1 Å². The van der Waals surface area contributed by atoms with E-state index >= 15 is 0 Å². The second-order valence-electron chi connectivity index (χ2n) is 7.75. The highest BCUT2D eigenvalue weighted by Gasteiger charge is 2.26. The van der Waals surface area contributed by atoms with Crippen molar-refractivity contribution in [3.63, 3.8) is 0 Å². The van der Waals surface area contributed by atoms with Crippen LogP contribution in [0.15, 0.2) is 42.5 Å². The molecule has 2 amide bonds. The molecular weight excluding hydrogens is 504 g/mol. The van der Waals surface area contributed by atoms with Crippen molar-refractivity contribution in [3.05, 3.63) is 63.9 Å². The van der Waals surface area contributed by atoms with Gasteiger partial charge in [-0.05, 0) is 56.2 Å². The van der Waals surface area contributed by atoms with E-state index in [4.69, 9.17) is 23.2 Å². The molecule has 0 radical (unpaired) electrons. The summed E-state index contributed by atoms with van der Waals surface area (Å²) in [7, 11) is -3.70. The number of sulfonamides is 1. The average molecular weight is 532 g/mol. The Bertz CT molecular complexity index is 1110. The molecule has 11 heteroatoms. The molecule has 0 saturated heterocycles. The first kappa shape index (κ1) is 27.9. The number of carbonyl (C=O) groups is 2. The quantitative estimate of drug-likeness (QED) is 0.469. The number of hydrogen-bond donors (Lipinski definition) is 1. The largest absolute Gasteiger partial charge is 0.355 e. The van der Waals surface area contributed by atoms with Crippen LogP contribution >= 0.6 is 23.2 Å². The monoisotopic (exact) mass is 531 g/mol. The highest BCUT2D eigenvalue weighted by atomic mass is 35.5. The summed E-state index contributed by atoms with van der Waals surface area (Å²) >= 11 is 12.2. The second-order valence-corrected chi connectivity index (χ2v) is 10.5. The van der Waals surface area contributed by atoms with E-state index in [9.17, 15) is 22.4 Å². The minimum atomic E-state index is -3.70. The molecule has 0 unspecified atom stereocenters. The van der Waals surface area contributed by atoms with Crippen LogP contribution in [0, 0.1) is 5.82 Å². The summed E-state index contributed by atoms with van der Waals surface area (Å²) in [5, 5.41) is 3.23. The maximum Gasteiger partial charge on any atom is 0.242 e. The zero-order chi connectivity index (χ0) is 25.5. The van der Waals surface area contributed by atoms with Crippen molar-refractivity contribution in [2.45, 2.75) is 39.3 Å². The lowest BCUT2D eigenvalue weighted by Crippen LogP contribution is -2.47. The Labute approximate surface area is 209 Å². The van der Waals surface area contributed by atoms with E-state index in [1.807, 2.05) is 0 Å². The minimum absolute atomic E-state index is 0.00936.